The molecule has 0 aromatic heterocycles. The van der Waals surface area contributed by atoms with Crippen molar-refractivity contribution < 1.29 is 23.9 Å². The maximum Gasteiger partial charge on any atom is 0.298 e. The molecule has 2 aromatic carbocycles. The molecule has 112 valence electrons. The van der Waals surface area contributed by atoms with Crippen LogP contribution in [0.1, 0.15) is 11.1 Å². The largest absolute Gasteiger partial charge is 0.429 e. The standard InChI is InChI=1S/C17H14O5/c18-11-21-16-5-1-13(2-6-16)9-15(20)10-14-3-7-17(8-4-14)22-12-19/h1-8,11-12H,9-10H2. The van der Waals surface area contributed by atoms with Gasteiger partial charge in [0.2, 0.25) is 0 Å². The van der Waals surface area contributed by atoms with E-state index in [1.807, 2.05) is 0 Å². The van der Waals surface area contributed by atoms with Crippen molar-refractivity contribution >= 4 is 18.7 Å². The molecule has 0 N–H and O–H groups in total. The molecule has 5 nitrogen and oxygen atoms in total. The zero-order valence-corrected chi connectivity index (χ0v) is 11.7. The minimum atomic E-state index is 0.0631. The molecule has 0 saturated carbocycles. The van der Waals surface area contributed by atoms with Crippen molar-refractivity contribution in [1.29, 1.82) is 0 Å². The zero-order valence-electron chi connectivity index (χ0n) is 11.7. The number of ketones is 1. The summed E-state index contributed by atoms with van der Waals surface area (Å²) >= 11 is 0. The zero-order chi connectivity index (χ0) is 15.8. The van der Waals surface area contributed by atoms with Crippen LogP contribution in [0.25, 0.3) is 0 Å². The Labute approximate surface area is 127 Å². The van der Waals surface area contributed by atoms with Gasteiger partial charge in [0.15, 0.2) is 0 Å². The van der Waals surface area contributed by atoms with Gasteiger partial charge in [-0.1, -0.05) is 24.3 Å². The molecule has 5 heteroatoms. The van der Waals surface area contributed by atoms with Crippen molar-refractivity contribution in [3.63, 3.8) is 0 Å². The van der Waals surface area contributed by atoms with Crippen molar-refractivity contribution in [3.8, 4) is 11.5 Å². The highest BCUT2D eigenvalue weighted by Crippen LogP contribution is 2.15. The third-order valence-corrected chi connectivity index (χ3v) is 3.02. The summed E-state index contributed by atoms with van der Waals surface area (Å²) in [7, 11) is 0. The molecule has 0 heterocycles. The molecule has 2 rings (SSSR count). The minimum absolute atomic E-state index is 0.0631. The highest BCUT2D eigenvalue weighted by molar-refractivity contribution is 5.83. The summed E-state index contributed by atoms with van der Waals surface area (Å²) in [5, 5.41) is 0. The predicted octanol–water partition coefficient (Wildman–Crippen LogP) is 2.11. The Kier molecular flexibility index (Phi) is 5.43. The van der Waals surface area contributed by atoms with Crippen molar-refractivity contribution in [2.75, 3.05) is 0 Å². The number of carbonyl (C=O) groups excluding carboxylic acids is 3. The molecule has 0 atom stereocenters. The lowest BCUT2D eigenvalue weighted by Gasteiger charge is -2.04. The molecule has 0 saturated heterocycles. The summed E-state index contributed by atoms with van der Waals surface area (Å²) in [6.45, 7) is 0.719. The lowest BCUT2D eigenvalue weighted by atomic mass is 10.0. The summed E-state index contributed by atoms with van der Waals surface area (Å²) < 4.78 is 9.38. The second-order valence-corrected chi connectivity index (χ2v) is 4.61. The van der Waals surface area contributed by atoms with Gasteiger partial charge in [0.05, 0.1) is 0 Å². The summed E-state index contributed by atoms with van der Waals surface area (Å²) in [6.07, 6.45) is 0.599. The highest BCUT2D eigenvalue weighted by atomic mass is 16.5. The van der Waals surface area contributed by atoms with E-state index in [1.165, 1.54) is 0 Å². The number of hydrogen-bond donors (Lipinski definition) is 0. The van der Waals surface area contributed by atoms with Crippen LogP contribution in [0.15, 0.2) is 48.5 Å². The summed E-state index contributed by atoms with van der Waals surface area (Å²) in [6, 6.07) is 13.6. The van der Waals surface area contributed by atoms with Gasteiger partial charge in [-0.25, -0.2) is 0 Å². The number of rotatable bonds is 8. The molecule has 0 aliphatic heterocycles. The van der Waals surface area contributed by atoms with Crippen LogP contribution in [0.4, 0.5) is 0 Å². The molecule has 2 aromatic rings. The Hall–Kier alpha value is -2.95. The van der Waals surface area contributed by atoms with Crippen LogP contribution < -0.4 is 9.47 Å². The second-order valence-electron chi connectivity index (χ2n) is 4.61. The van der Waals surface area contributed by atoms with Crippen molar-refractivity contribution in [2.24, 2.45) is 0 Å². The van der Waals surface area contributed by atoms with Gasteiger partial charge in [0.1, 0.15) is 17.3 Å². The van der Waals surface area contributed by atoms with E-state index in [2.05, 4.69) is 0 Å². The van der Waals surface area contributed by atoms with Crippen LogP contribution in [-0.2, 0) is 27.2 Å². The lowest BCUT2D eigenvalue weighted by Crippen LogP contribution is -2.06. The molecule has 22 heavy (non-hydrogen) atoms. The van der Waals surface area contributed by atoms with E-state index in [4.69, 9.17) is 9.47 Å². The van der Waals surface area contributed by atoms with Crippen molar-refractivity contribution in [1.82, 2.24) is 0 Å². The average molecular weight is 298 g/mol. The topological polar surface area (TPSA) is 69.7 Å². The van der Waals surface area contributed by atoms with E-state index >= 15 is 0 Å². The van der Waals surface area contributed by atoms with E-state index in [1.54, 1.807) is 48.5 Å². The normalized spacial score (nSPS) is 9.82. The Balaban J connectivity index is 1.91. The molecule has 0 bridgehead atoms. The Morgan fingerprint density at radius 3 is 1.41 bits per heavy atom. The molecular weight excluding hydrogens is 284 g/mol. The fourth-order valence-corrected chi connectivity index (χ4v) is 2.00. The van der Waals surface area contributed by atoms with Crippen LogP contribution in [0.3, 0.4) is 0 Å². The smallest absolute Gasteiger partial charge is 0.298 e. The SMILES string of the molecule is O=COc1ccc(CC(=O)Cc2ccc(OC=O)cc2)cc1. The first-order valence-corrected chi connectivity index (χ1v) is 6.61. The van der Waals surface area contributed by atoms with E-state index in [9.17, 15) is 14.4 Å². The van der Waals surface area contributed by atoms with E-state index < -0.39 is 0 Å². The van der Waals surface area contributed by atoms with Crippen LogP contribution in [0.5, 0.6) is 11.5 Å². The van der Waals surface area contributed by atoms with Crippen LogP contribution in [0.2, 0.25) is 0 Å². The first-order chi connectivity index (χ1) is 10.7. The van der Waals surface area contributed by atoms with Gasteiger partial charge in [0.25, 0.3) is 12.9 Å². The van der Waals surface area contributed by atoms with Gasteiger partial charge in [-0.3, -0.25) is 14.4 Å². The fourth-order valence-electron chi connectivity index (χ4n) is 2.00. The van der Waals surface area contributed by atoms with Gasteiger partial charge in [0, 0.05) is 12.8 Å². The molecule has 0 radical (unpaired) electrons. The Bertz CT molecular complexity index is 586. The maximum absolute atomic E-state index is 12.0. The van der Waals surface area contributed by atoms with E-state index in [-0.39, 0.29) is 5.78 Å². The summed E-state index contributed by atoms with van der Waals surface area (Å²) in [5.41, 5.74) is 1.70. The van der Waals surface area contributed by atoms with Gasteiger partial charge >= 0.3 is 0 Å². The van der Waals surface area contributed by atoms with Crippen LogP contribution in [0, 0.1) is 0 Å². The number of carbonyl (C=O) groups is 3. The van der Waals surface area contributed by atoms with Crippen LogP contribution in [-0.4, -0.2) is 18.7 Å². The first kappa shape index (κ1) is 15.4. The van der Waals surface area contributed by atoms with Gasteiger partial charge in [-0.2, -0.15) is 0 Å². The van der Waals surface area contributed by atoms with E-state index in [0.717, 1.165) is 11.1 Å². The predicted molar refractivity (Wildman–Crippen MR) is 78.7 cm³/mol. The van der Waals surface area contributed by atoms with Gasteiger partial charge in [-0.15, -0.1) is 0 Å². The molecule has 0 fully saturated rings. The van der Waals surface area contributed by atoms with E-state index in [0.29, 0.717) is 37.3 Å². The first-order valence-electron chi connectivity index (χ1n) is 6.61. The second kappa shape index (κ2) is 7.73. The summed E-state index contributed by atoms with van der Waals surface area (Å²) in [5.74, 6) is 0.946. The third kappa shape index (κ3) is 4.56. The highest BCUT2D eigenvalue weighted by Gasteiger charge is 2.06. The number of hydrogen-bond acceptors (Lipinski definition) is 5. The lowest BCUT2D eigenvalue weighted by molar-refractivity contribution is -0.121. The Morgan fingerprint density at radius 2 is 1.09 bits per heavy atom. The maximum atomic E-state index is 12.0. The third-order valence-electron chi connectivity index (χ3n) is 3.02. The molecule has 0 unspecified atom stereocenters. The quantitative estimate of drug-likeness (QED) is 0.698. The molecular formula is C17H14O5. The number of Topliss-reactive ketones (excluding diaryl/α,β-unsaturated/α-hetero) is 1. The molecule has 0 amide bonds. The minimum Gasteiger partial charge on any atom is -0.429 e. The van der Waals surface area contributed by atoms with Gasteiger partial charge in [-0.05, 0) is 35.4 Å². The summed E-state index contributed by atoms with van der Waals surface area (Å²) in [4.78, 5) is 32.4. The molecule has 0 aliphatic carbocycles. The molecule has 0 spiro atoms. The fraction of sp³-hybridized carbons (Fsp3) is 0.118. The van der Waals surface area contributed by atoms with Crippen molar-refractivity contribution in [3.05, 3.63) is 59.7 Å². The Morgan fingerprint density at radius 1 is 0.727 bits per heavy atom. The average Bonchev–Trinajstić information content (AvgIpc) is 2.52. The van der Waals surface area contributed by atoms with Crippen molar-refractivity contribution in [2.45, 2.75) is 12.8 Å². The monoisotopic (exact) mass is 298 g/mol. The molecule has 0 aliphatic rings. The number of ether oxygens (including phenoxy) is 2. The number of benzene rings is 2. The van der Waals surface area contributed by atoms with Crippen LogP contribution >= 0.6 is 0 Å². The van der Waals surface area contributed by atoms with Gasteiger partial charge < -0.3 is 9.47 Å².